The minimum absolute atomic E-state index is 0.0630. The molecule has 2 heterocycles. The molecule has 1 atom stereocenters. The van der Waals surface area contributed by atoms with Gasteiger partial charge in [-0.15, -0.1) is 0 Å². The lowest BCUT2D eigenvalue weighted by molar-refractivity contribution is 0.0319. The van der Waals surface area contributed by atoms with Crippen molar-refractivity contribution in [1.29, 1.82) is 0 Å². The fourth-order valence-corrected chi connectivity index (χ4v) is 4.79. The van der Waals surface area contributed by atoms with Gasteiger partial charge < -0.3 is 4.74 Å². The van der Waals surface area contributed by atoms with E-state index in [1.54, 1.807) is 29.7 Å². The minimum Gasteiger partial charge on any atom is -0.451 e. The molecule has 0 N–H and O–H groups in total. The van der Waals surface area contributed by atoms with Crippen molar-refractivity contribution in [1.82, 2.24) is 9.55 Å². The van der Waals surface area contributed by atoms with Gasteiger partial charge in [0.2, 0.25) is 5.78 Å². The maximum Gasteiger partial charge on any atom is 0.338 e. The summed E-state index contributed by atoms with van der Waals surface area (Å²) in [6.07, 6.45) is 6.06. The zero-order chi connectivity index (χ0) is 22.2. The number of carbonyl (C=O) groups is 2. The molecule has 0 amide bonds. The molecule has 6 heteroatoms. The van der Waals surface area contributed by atoms with Gasteiger partial charge in [0, 0.05) is 18.5 Å². The topological polar surface area (TPSA) is 78.3 Å². The summed E-state index contributed by atoms with van der Waals surface area (Å²) in [5, 5.41) is 0.495. The van der Waals surface area contributed by atoms with Gasteiger partial charge in [-0.1, -0.05) is 18.6 Å². The third kappa shape index (κ3) is 3.74. The molecule has 1 aliphatic heterocycles. The number of fused-ring (bicyclic) bond motifs is 3. The molecule has 2 aliphatic rings. The van der Waals surface area contributed by atoms with Gasteiger partial charge >= 0.3 is 5.97 Å². The van der Waals surface area contributed by atoms with Crippen LogP contribution in [0.4, 0.5) is 0 Å². The second kappa shape index (κ2) is 8.34. The first-order chi connectivity index (χ1) is 15.5. The van der Waals surface area contributed by atoms with Crippen LogP contribution in [0.25, 0.3) is 10.9 Å². The number of nitrogens with zero attached hydrogens (tertiary/aromatic N) is 2. The second-order valence-electron chi connectivity index (χ2n) is 8.78. The Morgan fingerprint density at radius 2 is 1.75 bits per heavy atom. The molecule has 32 heavy (non-hydrogen) atoms. The number of aryl methyl sites for hydroxylation is 3. The maximum absolute atomic E-state index is 12.9. The summed E-state index contributed by atoms with van der Waals surface area (Å²) in [4.78, 5) is 43.1. The predicted octanol–water partition coefficient (Wildman–Crippen LogP) is 4.04. The molecule has 3 aromatic rings. The molecule has 0 saturated heterocycles. The SMILES string of the molecule is CC(OC(=O)c1ccc2c(=O)n3c(nc2c1)CCCCC3)C(=O)c1ccc2c(c1)CCC2. The van der Waals surface area contributed by atoms with E-state index >= 15 is 0 Å². The van der Waals surface area contributed by atoms with Crippen LogP contribution < -0.4 is 5.56 Å². The highest BCUT2D eigenvalue weighted by atomic mass is 16.5. The van der Waals surface area contributed by atoms with Crippen molar-refractivity contribution in [3.8, 4) is 0 Å². The summed E-state index contributed by atoms with van der Waals surface area (Å²) in [6, 6.07) is 10.5. The van der Waals surface area contributed by atoms with Crippen molar-refractivity contribution in [3.63, 3.8) is 0 Å². The third-order valence-electron chi connectivity index (χ3n) is 6.59. The fourth-order valence-electron chi connectivity index (χ4n) is 4.79. The van der Waals surface area contributed by atoms with Crippen LogP contribution in [0, 0.1) is 0 Å². The van der Waals surface area contributed by atoms with E-state index < -0.39 is 12.1 Å². The van der Waals surface area contributed by atoms with Crippen molar-refractivity contribution in [2.75, 3.05) is 0 Å². The molecular weight excluding hydrogens is 404 g/mol. The van der Waals surface area contributed by atoms with Crippen LogP contribution in [0.3, 0.4) is 0 Å². The number of hydrogen-bond acceptors (Lipinski definition) is 5. The van der Waals surface area contributed by atoms with Gasteiger partial charge in [-0.2, -0.15) is 0 Å². The summed E-state index contributed by atoms with van der Waals surface area (Å²) in [5.41, 5.74) is 3.80. The number of aromatic nitrogens is 2. The Hall–Kier alpha value is -3.28. The molecule has 0 saturated carbocycles. The van der Waals surface area contributed by atoms with E-state index in [1.807, 2.05) is 18.2 Å². The molecule has 1 aromatic heterocycles. The molecule has 6 nitrogen and oxygen atoms in total. The average molecular weight is 431 g/mol. The van der Waals surface area contributed by atoms with Crippen molar-refractivity contribution < 1.29 is 14.3 Å². The van der Waals surface area contributed by atoms with Crippen LogP contribution in [-0.4, -0.2) is 27.4 Å². The first kappa shape index (κ1) is 20.6. The number of carbonyl (C=O) groups excluding carboxylic acids is 2. The van der Waals surface area contributed by atoms with Gasteiger partial charge in [-0.3, -0.25) is 14.2 Å². The summed E-state index contributed by atoms with van der Waals surface area (Å²) in [6.45, 7) is 2.28. The molecule has 164 valence electrons. The van der Waals surface area contributed by atoms with Crippen molar-refractivity contribution in [2.24, 2.45) is 0 Å². The van der Waals surface area contributed by atoms with Gasteiger partial charge in [0.25, 0.3) is 5.56 Å². The van der Waals surface area contributed by atoms with Crippen LogP contribution >= 0.6 is 0 Å². The van der Waals surface area contributed by atoms with E-state index in [9.17, 15) is 14.4 Å². The van der Waals surface area contributed by atoms with Crippen molar-refractivity contribution >= 4 is 22.7 Å². The van der Waals surface area contributed by atoms with Gasteiger partial charge in [-0.05, 0) is 74.4 Å². The van der Waals surface area contributed by atoms with E-state index in [4.69, 9.17) is 4.74 Å². The van der Waals surface area contributed by atoms with Gasteiger partial charge in [-0.25, -0.2) is 9.78 Å². The average Bonchev–Trinajstić information content (AvgIpc) is 3.14. The normalized spacial score (nSPS) is 16.2. The number of ether oxygens (including phenoxy) is 1. The summed E-state index contributed by atoms with van der Waals surface area (Å²) in [5.74, 6) is -0.0352. The highest BCUT2D eigenvalue weighted by Gasteiger charge is 2.23. The first-order valence-electron chi connectivity index (χ1n) is 11.4. The summed E-state index contributed by atoms with van der Waals surface area (Å²) in [7, 11) is 0. The number of rotatable bonds is 4. The molecule has 1 unspecified atom stereocenters. The van der Waals surface area contributed by atoms with Gasteiger partial charge in [0.1, 0.15) is 5.82 Å². The Labute approximate surface area is 186 Å². The van der Waals surface area contributed by atoms with Crippen LogP contribution in [0.5, 0.6) is 0 Å². The van der Waals surface area contributed by atoms with E-state index in [0.29, 0.717) is 23.0 Å². The standard InChI is InChI=1S/C26H26N2O4/c1-16(24(29)19-10-9-17-6-5-7-18(17)14-19)32-26(31)20-11-12-21-22(15-20)27-23-8-3-2-4-13-28(23)25(21)30/h9-12,14-16H,2-8,13H2,1H3. The molecule has 0 radical (unpaired) electrons. The number of ketones is 1. The largest absolute Gasteiger partial charge is 0.451 e. The molecule has 0 fully saturated rings. The fraction of sp³-hybridized carbons (Fsp3) is 0.385. The Bertz CT molecular complexity index is 1290. The van der Waals surface area contributed by atoms with Crippen LogP contribution in [0.15, 0.2) is 41.2 Å². The van der Waals surface area contributed by atoms with Crippen molar-refractivity contribution in [2.45, 2.75) is 64.5 Å². The quantitative estimate of drug-likeness (QED) is 0.461. The highest BCUT2D eigenvalue weighted by Crippen LogP contribution is 2.24. The molecule has 1 aliphatic carbocycles. The van der Waals surface area contributed by atoms with Gasteiger partial charge in [0.15, 0.2) is 6.10 Å². The first-order valence-corrected chi connectivity index (χ1v) is 11.4. The highest BCUT2D eigenvalue weighted by molar-refractivity contribution is 6.02. The lowest BCUT2D eigenvalue weighted by Crippen LogP contribution is -2.26. The molecule has 0 spiro atoms. The van der Waals surface area contributed by atoms with Crippen LogP contribution in [0.2, 0.25) is 0 Å². The predicted molar refractivity (Wildman–Crippen MR) is 121 cm³/mol. The smallest absolute Gasteiger partial charge is 0.338 e. The lowest BCUT2D eigenvalue weighted by atomic mass is 10.0. The maximum atomic E-state index is 12.9. The molecule has 0 bridgehead atoms. The Morgan fingerprint density at radius 1 is 0.938 bits per heavy atom. The lowest BCUT2D eigenvalue weighted by Gasteiger charge is -2.14. The Morgan fingerprint density at radius 3 is 2.62 bits per heavy atom. The van der Waals surface area contributed by atoms with E-state index in [0.717, 1.165) is 50.8 Å². The summed E-state index contributed by atoms with van der Waals surface area (Å²) < 4.78 is 7.24. The van der Waals surface area contributed by atoms with E-state index in [1.165, 1.54) is 11.1 Å². The zero-order valence-electron chi connectivity index (χ0n) is 18.2. The Kier molecular flexibility index (Phi) is 5.37. The van der Waals surface area contributed by atoms with Gasteiger partial charge in [0.05, 0.1) is 16.5 Å². The number of benzene rings is 2. The number of Topliss-reactive ketones (excluding diaryl/α,β-unsaturated/α-hetero) is 1. The monoisotopic (exact) mass is 430 g/mol. The second-order valence-corrected chi connectivity index (χ2v) is 8.78. The zero-order valence-corrected chi connectivity index (χ0v) is 18.2. The minimum atomic E-state index is -0.900. The Balaban J connectivity index is 1.37. The molecule has 5 rings (SSSR count). The van der Waals surface area contributed by atoms with Crippen molar-refractivity contribution in [3.05, 3.63) is 74.8 Å². The number of hydrogen-bond donors (Lipinski definition) is 0. The van der Waals surface area contributed by atoms with Crippen LogP contribution in [-0.2, 0) is 30.5 Å². The van der Waals surface area contributed by atoms with E-state index in [2.05, 4.69) is 4.98 Å². The summed E-state index contributed by atoms with van der Waals surface area (Å²) >= 11 is 0. The molecule has 2 aromatic carbocycles. The number of esters is 1. The van der Waals surface area contributed by atoms with E-state index in [-0.39, 0.29) is 16.9 Å². The molecular formula is C26H26N2O4. The third-order valence-corrected chi connectivity index (χ3v) is 6.59. The van der Waals surface area contributed by atoms with Crippen LogP contribution in [0.1, 0.15) is 70.3 Å².